The summed E-state index contributed by atoms with van der Waals surface area (Å²) in [5.74, 6) is 0.643. The van der Waals surface area contributed by atoms with Gasteiger partial charge in [-0.25, -0.2) is 9.97 Å². The van der Waals surface area contributed by atoms with Gasteiger partial charge in [0.25, 0.3) is 5.91 Å². The number of para-hydroxylation sites is 1. The molecule has 2 heterocycles. The standard InChI is InChI=1S/C21H23N5O/c1-14-4-3-5-17-13-23-21(25-19(14)17)24-18-7-6-16(12-15(18)2)20(27)26-10-8-22-9-11-26/h3-7,12-13,22H,8-11H2,1-2H3,(H,23,24,25). The molecule has 1 fully saturated rings. The van der Waals surface area contributed by atoms with Crippen LogP contribution in [0.25, 0.3) is 10.9 Å². The van der Waals surface area contributed by atoms with E-state index in [1.807, 2.05) is 61.3 Å². The van der Waals surface area contributed by atoms with Gasteiger partial charge in [-0.2, -0.15) is 0 Å². The molecule has 1 aliphatic rings. The van der Waals surface area contributed by atoms with Crippen LogP contribution in [0.1, 0.15) is 21.5 Å². The van der Waals surface area contributed by atoms with Crippen molar-refractivity contribution in [3.63, 3.8) is 0 Å². The van der Waals surface area contributed by atoms with Gasteiger partial charge in [-0.1, -0.05) is 18.2 Å². The zero-order chi connectivity index (χ0) is 18.8. The number of aromatic nitrogens is 2. The molecule has 138 valence electrons. The molecule has 27 heavy (non-hydrogen) atoms. The van der Waals surface area contributed by atoms with Crippen molar-refractivity contribution in [1.29, 1.82) is 0 Å². The van der Waals surface area contributed by atoms with Crippen molar-refractivity contribution < 1.29 is 4.79 Å². The lowest BCUT2D eigenvalue weighted by Crippen LogP contribution is -2.46. The molecule has 1 aliphatic heterocycles. The first kappa shape index (κ1) is 17.4. The number of piperazine rings is 1. The second kappa shape index (κ2) is 7.32. The van der Waals surface area contributed by atoms with E-state index in [0.29, 0.717) is 5.95 Å². The van der Waals surface area contributed by atoms with Crippen LogP contribution in [-0.2, 0) is 0 Å². The molecule has 0 bridgehead atoms. The summed E-state index contributed by atoms with van der Waals surface area (Å²) in [4.78, 5) is 23.6. The number of rotatable bonds is 3. The number of carbonyl (C=O) groups is 1. The molecular weight excluding hydrogens is 338 g/mol. The Morgan fingerprint density at radius 2 is 1.93 bits per heavy atom. The number of benzene rings is 2. The van der Waals surface area contributed by atoms with Gasteiger partial charge < -0.3 is 15.5 Å². The summed E-state index contributed by atoms with van der Waals surface area (Å²) in [6.07, 6.45) is 1.83. The third kappa shape index (κ3) is 3.61. The number of aryl methyl sites for hydroxylation is 2. The molecular formula is C21H23N5O. The molecule has 0 aliphatic carbocycles. The quantitative estimate of drug-likeness (QED) is 0.750. The number of anilines is 2. The molecule has 6 nitrogen and oxygen atoms in total. The molecule has 1 amide bonds. The van der Waals surface area contributed by atoms with Crippen LogP contribution >= 0.6 is 0 Å². The molecule has 2 N–H and O–H groups in total. The van der Waals surface area contributed by atoms with E-state index in [0.717, 1.165) is 59.5 Å². The summed E-state index contributed by atoms with van der Waals surface area (Å²) in [5, 5.41) is 7.57. The second-order valence-corrected chi connectivity index (χ2v) is 6.90. The van der Waals surface area contributed by atoms with Crippen LogP contribution < -0.4 is 10.6 Å². The number of carbonyl (C=O) groups excluding carboxylic acids is 1. The minimum Gasteiger partial charge on any atom is -0.336 e. The third-order valence-electron chi connectivity index (χ3n) is 4.94. The van der Waals surface area contributed by atoms with Gasteiger partial charge in [0.05, 0.1) is 5.52 Å². The highest BCUT2D eigenvalue weighted by molar-refractivity contribution is 5.95. The van der Waals surface area contributed by atoms with Crippen molar-refractivity contribution in [1.82, 2.24) is 20.2 Å². The Hall–Kier alpha value is -2.99. The summed E-state index contributed by atoms with van der Waals surface area (Å²) < 4.78 is 0. The largest absolute Gasteiger partial charge is 0.336 e. The molecule has 0 saturated carbocycles. The molecule has 4 rings (SSSR count). The summed E-state index contributed by atoms with van der Waals surface area (Å²) in [6, 6.07) is 11.8. The molecule has 2 aromatic carbocycles. The Morgan fingerprint density at radius 3 is 2.70 bits per heavy atom. The van der Waals surface area contributed by atoms with E-state index in [2.05, 4.69) is 20.6 Å². The number of hydrogen-bond acceptors (Lipinski definition) is 5. The molecule has 0 radical (unpaired) electrons. The lowest BCUT2D eigenvalue weighted by molar-refractivity contribution is 0.0736. The maximum Gasteiger partial charge on any atom is 0.253 e. The lowest BCUT2D eigenvalue weighted by Gasteiger charge is -2.27. The fourth-order valence-electron chi connectivity index (χ4n) is 3.37. The van der Waals surface area contributed by atoms with E-state index in [4.69, 9.17) is 0 Å². The van der Waals surface area contributed by atoms with Gasteiger partial charge in [-0.3, -0.25) is 4.79 Å². The third-order valence-corrected chi connectivity index (χ3v) is 4.94. The second-order valence-electron chi connectivity index (χ2n) is 6.90. The number of nitrogens with one attached hydrogen (secondary N) is 2. The van der Waals surface area contributed by atoms with Gasteiger partial charge in [0.1, 0.15) is 0 Å². The Labute approximate surface area is 158 Å². The summed E-state index contributed by atoms with van der Waals surface area (Å²) in [6.45, 7) is 7.24. The normalized spacial score (nSPS) is 14.4. The predicted molar refractivity (Wildman–Crippen MR) is 108 cm³/mol. The van der Waals surface area contributed by atoms with Gasteiger partial charge in [-0.05, 0) is 43.2 Å². The SMILES string of the molecule is Cc1cc(C(=O)N2CCNCC2)ccc1Nc1ncc2cccc(C)c2n1. The van der Waals surface area contributed by atoms with Crippen molar-refractivity contribution in [3.05, 3.63) is 59.3 Å². The van der Waals surface area contributed by atoms with E-state index >= 15 is 0 Å². The minimum atomic E-state index is 0.0868. The van der Waals surface area contributed by atoms with Crippen LogP contribution in [0.4, 0.5) is 11.6 Å². The smallest absolute Gasteiger partial charge is 0.253 e. The molecule has 0 unspecified atom stereocenters. The van der Waals surface area contributed by atoms with Crippen LogP contribution in [0, 0.1) is 13.8 Å². The monoisotopic (exact) mass is 361 g/mol. The Bertz CT molecular complexity index is 995. The van der Waals surface area contributed by atoms with E-state index in [1.54, 1.807) is 0 Å². The molecule has 1 saturated heterocycles. The van der Waals surface area contributed by atoms with Crippen LogP contribution in [0.5, 0.6) is 0 Å². The van der Waals surface area contributed by atoms with Crippen molar-refractivity contribution in [2.24, 2.45) is 0 Å². The Balaban J connectivity index is 1.56. The first-order valence-electron chi connectivity index (χ1n) is 9.22. The molecule has 0 spiro atoms. The Morgan fingerprint density at radius 1 is 1.11 bits per heavy atom. The number of hydrogen-bond donors (Lipinski definition) is 2. The van der Waals surface area contributed by atoms with E-state index in [1.165, 1.54) is 0 Å². The van der Waals surface area contributed by atoms with Crippen molar-refractivity contribution in [3.8, 4) is 0 Å². The summed E-state index contributed by atoms with van der Waals surface area (Å²) in [5.41, 5.74) is 4.67. The highest BCUT2D eigenvalue weighted by atomic mass is 16.2. The number of nitrogens with zero attached hydrogens (tertiary/aromatic N) is 3. The van der Waals surface area contributed by atoms with E-state index in [9.17, 15) is 4.79 Å². The van der Waals surface area contributed by atoms with Crippen molar-refractivity contribution in [2.75, 3.05) is 31.5 Å². The first-order valence-corrected chi connectivity index (χ1v) is 9.22. The maximum absolute atomic E-state index is 12.7. The van der Waals surface area contributed by atoms with Gasteiger partial charge in [-0.15, -0.1) is 0 Å². The predicted octanol–water partition coefficient (Wildman–Crippen LogP) is 3.04. The highest BCUT2D eigenvalue weighted by Crippen LogP contribution is 2.23. The number of amides is 1. The summed E-state index contributed by atoms with van der Waals surface area (Å²) in [7, 11) is 0. The van der Waals surface area contributed by atoms with E-state index in [-0.39, 0.29) is 5.91 Å². The molecule has 1 aromatic heterocycles. The number of fused-ring (bicyclic) bond motifs is 1. The fourth-order valence-corrected chi connectivity index (χ4v) is 3.37. The zero-order valence-electron chi connectivity index (χ0n) is 15.6. The van der Waals surface area contributed by atoms with Crippen LogP contribution in [0.2, 0.25) is 0 Å². The Kier molecular flexibility index (Phi) is 4.73. The average molecular weight is 361 g/mol. The zero-order valence-corrected chi connectivity index (χ0v) is 15.6. The van der Waals surface area contributed by atoms with Crippen LogP contribution in [-0.4, -0.2) is 47.0 Å². The van der Waals surface area contributed by atoms with Crippen LogP contribution in [0.3, 0.4) is 0 Å². The summed E-state index contributed by atoms with van der Waals surface area (Å²) >= 11 is 0. The van der Waals surface area contributed by atoms with Gasteiger partial charge in [0.15, 0.2) is 0 Å². The fraction of sp³-hybridized carbons (Fsp3) is 0.286. The van der Waals surface area contributed by atoms with Crippen LogP contribution in [0.15, 0.2) is 42.6 Å². The molecule has 3 aromatic rings. The average Bonchev–Trinajstić information content (AvgIpc) is 2.70. The van der Waals surface area contributed by atoms with Crippen molar-refractivity contribution >= 4 is 28.4 Å². The topological polar surface area (TPSA) is 70.2 Å². The van der Waals surface area contributed by atoms with Gasteiger partial charge in [0, 0.05) is 49.0 Å². The minimum absolute atomic E-state index is 0.0868. The van der Waals surface area contributed by atoms with Gasteiger partial charge in [0.2, 0.25) is 5.95 Å². The molecule has 6 heteroatoms. The highest BCUT2D eigenvalue weighted by Gasteiger charge is 2.18. The van der Waals surface area contributed by atoms with Crippen molar-refractivity contribution in [2.45, 2.75) is 13.8 Å². The lowest BCUT2D eigenvalue weighted by atomic mass is 10.1. The first-order chi connectivity index (χ1) is 13.1. The van der Waals surface area contributed by atoms with E-state index < -0.39 is 0 Å². The van der Waals surface area contributed by atoms with Gasteiger partial charge >= 0.3 is 0 Å². The maximum atomic E-state index is 12.7. The molecule has 0 atom stereocenters.